The first-order valence-corrected chi connectivity index (χ1v) is 10.8. The van der Waals surface area contributed by atoms with Crippen molar-refractivity contribution < 1.29 is 23.8 Å². The normalized spacial score (nSPS) is 14.8. The molecular formula is C22H28N2O5S. The Labute approximate surface area is 181 Å². The van der Waals surface area contributed by atoms with E-state index in [-0.39, 0.29) is 11.7 Å². The van der Waals surface area contributed by atoms with Gasteiger partial charge in [0, 0.05) is 38.2 Å². The van der Waals surface area contributed by atoms with Crippen LogP contribution in [0.2, 0.25) is 0 Å². The number of hydrogen-bond acceptors (Lipinski definition) is 7. The molecule has 162 valence electrons. The molecule has 3 rings (SSSR count). The van der Waals surface area contributed by atoms with Crippen molar-refractivity contribution in [2.45, 2.75) is 12.8 Å². The molecule has 1 fully saturated rings. The van der Waals surface area contributed by atoms with E-state index in [0.29, 0.717) is 48.9 Å². The molecule has 7 nitrogen and oxygen atoms in total. The fourth-order valence-corrected chi connectivity index (χ4v) is 4.30. The number of thiophene rings is 1. The first-order chi connectivity index (χ1) is 14.6. The number of carbonyl (C=O) groups excluding carboxylic acids is 2. The second-order valence-electron chi connectivity index (χ2n) is 7.05. The number of Topliss-reactive ketones (excluding diaryl/α,β-unsaturated/α-hetero) is 1. The zero-order chi connectivity index (χ0) is 21.5. The molecule has 1 aromatic heterocycles. The zero-order valence-electron chi connectivity index (χ0n) is 17.7. The van der Waals surface area contributed by atoms with Gasteiger partial charge in [0.05, 0.1) is 26.2 Å². The minimum atomic E-state index is -0.0641. The SMILES string of the molecule is COc1cc(C(=O)N2CCCN(CCC(=O)c3cccs3)CC2)cc(OC)c1OC. The van der Waals surface area contributed by atoms with Crippen LogP contribution >= 0.6 is 11.3 Å². The highest BCUT2D eigenvalue weighted by atomic mass is 32.1. The smallest absolute Gasteiger partial charge is 0.254 e. The molecule has 30 heavy (non-hydrogen) atoms. The van der Waals surface area contributed by atoms with Crippen molar-refractivity contribution in [3.8, 4) is 17.2 Å². The summed E-state index contributed by atoms with van der Waals surface area (Å²) in [6, 6.07) is 7.14. The van der Waals surface area contributed by atoms with Gasteiger partial charge in [-0.1, -0.05) is 6.07 Å². The van der Waals surface area contributed by atoms with Gasteiger partial charge in [-0.05, 0) is 36.5 Å². The number of amides is 1. The van der Waals surface area contributed by atoms with Gasteiger partial charge in [-0.15, -0.1) is 11.3 Å². The van der Waals surface area contributed by atoms with Gasteiger partial charge >= 0.3 is 0 Å². The Kier molecular flexibility index (Phi) is 7.70. The fraction of sp³-hybridized carbons (Fsp3) is 0.455. The number of methoxy groups -OCH3 is 3. The molecule has 1 aromatic carbocycles. The van der Waals surface area contributed by atoms with E-state index in [0.717, 1.165) is 24.4 Å². The Morgan fingerprint density at radius 2 is 1.73 bits per heavy atom. The molecule has 8 heteroatoms. The molecule has 2 aromatic rings. The monoisotopic (exact) mass is 432 g/mol. The average molecular weight is 433 g/mol. The first kappa shape index (κ1) is 22.1. The predicted octanol–water partition coefficient (Wildman–Crippen LogP) is 3.19. The van der Waals surface area contributed by atoms with E-state index in [1.54, 1.807) is 12.1 Å². The van der Waals surface area contributed by atoms with E-state index in [4.69, 9.17) is 14.2 Å². The quantitative estimate of drug-likeness (QED) is 0.597. The van der Waals surface area contributed by atoms with Crippen LogP contribution < -0.4 is 14.2 Å². The van der Waals surface area contributed by atoms with Gasteiger partial charge in [0.2, 0.25) is 5.75 Å². The molecule has 0 unspecified atom stereocenters. The van der Waals surface area contributed by atoms with Crippen molar-refractivity contribution >= 4 is 23.0 Å². The summed E-state index contributed by atoms with van der Waals surface area (Å²) in [5, 5.41) is 1.92. The van der Waals surface area contributed by atoms with Crippen molar-refractivity contribution in [1.29, 1.82) is 0 Å². The summed E-state index contributed by atoms with van der Waals surface area (Å²) in [4.78, 5) is 30.3. The number of ketones is 1. The zero-order valence-corrected chi connectivity index (χ0v) is 18.5. The van der Waals surface area contributed by atoms with Gasteiger partial charge in [-0.2, -0.15) is 0 Å². The maximum atomic E-state index is 13.1. The predicted molar refractivity (Wildman–Crippen MR) is 116 cm³/mol. The van der Waals surface area contributed by atoms with E-state index in [9.17, 15) is 9.59 Å². The lowest BCUT2D eigenvalue weighted by atomic mass is 10.1. The van der Waals surface area contributed by atoms with Gasteiger partial charge in [0.15, 0.2) is 17.3 Å². The molecule has 1 aliphatic rings. The highest BCUT2D eigenvalue weighted by Crippen LogP contribution is 2.38. The highest BCUT2D eigenvalue weighted by molar-refractivity contribution is 7.12. The fourth-order valence-electron chi connectivity index (χ4n) is 3.60. The molecule has 0 saturated carbocycles. The van der Waals surface area contributed by atoms with Gasteiger partial charge in [-0.25, -0.2) is 0 Å². The topological polar surface area (TPSA) is 68.3 Å². The lowest BCUT2D eigenvalue weighted by molar-refractivity contribution is 0.0759. The largest absolute Gasteiger partial charge is 0.493 e. The van der Waals surface area contributed by atoms with E-state index in [2.05, 4.69) is 4.90 Å². The Balaban J connectivity index is 1.62. The molecule has 0 spiro atoms. The van der Waals surface area contributed by atoms with Crippen LogP contribution in [0.3, 0.4) is 0 Å². The number of carbonyl (C=O) groups is 2. The molecule has 0 N–H and O–H groups in total. The summed E-state index contributed by atoms with van der Waals surface area (Å²) in [5.74, 6) is 1.51. The van der Waals surface area contributed by atoms with Gasteiger partial charge in [0.25, 0.3) is 5.91 Å². The van der Waals surface area contributed by atoms with Crippen LogP contribution in [0.4, 0.5) is 0 Å². The van der Waals surface area contributed by atoms with Crippen LogP contribution in [0.15, 0.2) is 29.6 Å². The van der Waals surface area contributed by atoms with Crippen molar-refractivity contribution in [3.05, 3.63) is 40.1 Å². The summed E-state index contributed by atoms with van der Waals surface area (Å²) in [6.07, 6.45) is 1.37. The number of rotatable bonds is 8. The van der Waals surface area contributed by atoms with Crippen molar-refractivity contribution in [2.24, 2.45) is 0 Å². The maximum Gasteiger partial charge on any atom is 0.254 e. The van der Waals surface area contributed by atoms with E-state index >= 15 is 0 Å². The molecule has 1 saturated heterocycles. The van der Waals surface area contributed by atoms with Gasteiger partial charge in [0.1, 0.15) is 0 Å². The lowest BCUT2D eigenvalue weighted by Gasteiger charge is -2.22. The average Bonchev–Trinajstić information content (AvgIpc) is 3.22. The molecule has 1 amide bonds. The first-order valence-electron chi connectivity index (χ1n) is 9.95. The highest BCUT2D eigenvalue weighted by Gasteiger charge is 2.24. The molecular weight excluding hydrogens is 404 g/mol. The van der Waals surface area contributed by atoms with Crippen LogP contribution in [0, 0.1) is 0 Å². The Bertz CT molecular complexity index is 843. The second-order valence-corrected chi connectivity index (χ2v) is 8.00. The van der Waals surface area contributed by atoms with Crippen molar-refractivity contribution in [1.82, 2.24) is 9.80 Å². The molecule has 0 aliphatic carbocycles. The molecule has 0 radical (unpaired) electrons. The molecule has 1 aliphatic heterocycles. The molecule has 2 heterocycles. The lowest BCUT2D eigenvalue weighted by Crippen LogP contribution is -2.35. The Morgan fingerprint density at radius 3 is 2.33 bits per heavy atom. The third-order valence-corrected chi connectivity index (χ3v) is 6.15. The summed E-state index contributed by atoms with van der Waals surface area (Å²) in [6.45, 7) is 3.61. The van der Waals surface area contributed by atoms with Crippen LogP contribution in [-0.4, -0.2) is 75.5 Å². The Morgan fingerprint density at radius 1 is 1.00 bits per heavy atom. The van der Waals surface area contributed by atoms with Crippen LogP contribution in [0.5, 0.6) is 17.2 Å². The standard InChI is InChI=1S/C22H28N2O5S/c1-27-18-14-16(15-19(28-2)21(18)29-3)22(26)24-9-5-8-23(11-12-24)10-7-17(25)20-6-4-13-30-20/h4,6,13-15H,5,7-12H2,1-3H3. The van der Waals surface area contributed by atoms with Crippen LogP contribution in [-0.2, 0) is 0 Å². The third-order valence-electron chi connectivity index (χ3n) is 5.24. The number of hydrogen-bond donors (Lipinski definition) is 0. The van der Waals surface area contributed by atoms with Gasteiger partial charge < -0.3 is 24.0 Å². The summed E-state index contributed by atoms with van der Waals surface area (Å²) < 4.78 is 16.1. The molecule has 0 atom stereocenters. The summed E-state index contributed by atoms with van der Waals surface area (Å²) in [5.41, 5.74) is 0.505. The minimum Gasteiger partial charge on any atom is -0.493 e. The van der Waals surface area contributed by atoms with E-state index in [1.807, 2.05) is 22.4 Å². The minimum absolute atomic E-state index is 0.0641. The number of ether oxygens (including phenoxy) is 3. The number of nitrogens with zero attached hydrogens (tertiary/aromatic N) is 2. The van der Waals surface area contributed by atoms with Crippen molar-refractivity contribution in [3.63, 3.8) is 0 Å². The van der Waals surface area contributed by atoms with Crippen molar-refractivity contribution in [2.75, 3.05) is 54.1 Å². The maximum absolute atomic E-state index is 13.1. The summed E-state index contributed by atoms with van der Waals surface area (Å²) >= 11 is 1.48. The summed E-state index contributed by atoms with van der Waals surface area (Å²) in [7, 11) is 4.61. The van der Waals surface area contributed by atoms with E-state index in [1.165, 1.54) is 32.7 Å². The van der Waals surface area contributed by atoms with Crippen LogP contribution in [0.25, 0.3) is 0 Å². The van der Waals surface area contributed by atoms with Gasteiger partial charge in [-0.3, -0.25) is 9.59 Å². The van der Waals surface area contributed by atoms with E-state index < -0.39 is 0 Å². The van der Waals surface area contributed by atoms with Crippen LogP contribution in [0.1, 0.15) is 32.9 Å². The number of benzene rings is 1. The third kappa shape index (κ3) is 5.12. The second kappa shape index (κ2) is 10.4. The Hall–Kier alpha value is -2.58. The molecule has 0 bridgehead atoms.